The molecular weight excluding hydrogens is 260 g/mol. The molecule has 2 N–H and O–H groups in total. The van der Waals surface area contributed by atoms with Gasteiger partial charge < -0.3 is 10.1 Å². The van der Waals surface area contributed by atoms with Crippen LogP contribution in [0.4, 0.5) is 0 Å². The lowest BCUT2D eigenvalue weighted by atomic mass is 10.1. The van der Waals surface area contributed by atoms with Gasteiger partial charge in [-0.2, -0.15) is 0 Å². The second-order valence-electron chi connectivity index (χ2n) is 5.52. The van der Waals surface area contributed by atoms with Crippen molar-refractivity contribution in [2.45, 2.75) is 12.6 Å². The van der Waals surface area contributed by atoms with E-state index in [0.717, 1.165) is 17.6 Å². The molecule has 0 spiro atoms. The van der Waals surface area contributed by atoms with Crippen molar-refractivity contribution in [1.29, 1.82) is 0 Å². The van der Waals surface area contributed by atoms with Crippen molar-refractivity contribution in [2.24, 2.45) is 0 Å². The summed E-state index contributed by atoms with van der Waals surface area (Å²) in [5.41, 5.74) is 3.27. The van der Waals surface area contributed by atoms with Crippen LogP contribution < -0.4 is 0 Å². The van der Waals surface area contributed by atoms with Crippen LogP contribution in [-0.4, -0.2) is 28.6 Å². The Labute approximate surface area is 124 Å². The van der Waals surface area contributed by atoms with Crippen LogP contribution in [0.5, 0.6) is 0 Å². The van der Waals surface area contributed by atoms with E-state index in [1.54, 1.807) is 0 Å². The number of aromatic amines is 1. The van der Waals surface area contributed by atoms with Gasteiger partial charge >= 0.3 is 0 Å². The zero-order valence-electron chi connectivity index (χ0n) is 12.2. The lowest BCUT2D eigenvalue weighted by Crippen LogP contribution is -2.24. The number of nitrogens with one attached hydrogen (secondary N) is 1. The number of hydrogen-bond acceptors (Lipinski definition) is 2. The predicted molar refractivity (Wildman–Crippen MR) is 86.0 cm³/mol. The summed E-state index contributed by atoms with van der Waals surface area (Å²) in [7, 11) is 2.03. The van der Waals surface area contributed by atoms with Crippen LogP contribution in [0.15, 0.2) is 60.8 Å². The van der Waals surface area contributed by atoms with Crippen LogP contribution in [0, 0.1) is 0 Å². The number of aromatic nitrogens is 1. The molecule has 3 rings (SSSR count). The fourth-order valence-corrected chi connectivity index (χ4v) is 2.63. The third-order valence-corrected chi connectivity index (χ3v) is 3.74. The van der Waals surface area contributed by atoms with Gasteiger partial charge in [0.05, 0.1) is 6.10 Å². The third-order valence-electron chi connectivity index (χ3n) is 3.74. The van der Waals surface area contributed by atoms with Gasteiger partial charge in [0.1, 0.15) is 0 Å². The van der Waals surface area contributed by atoms with Crippen molar-refractivity contribution in [3.8, 4) is 0 Å². The maximum absolute atomic E-state index is 10.4. The van der Waals surface area contributed by atoms with Gasteiger partial charge in [-0.3, -0.25) is 4.90 Å². The zero-order chi connectivity index (χ0) is 14.7. The lowest BCUT2D eigenvalue weighted by Gasteiger charge is -2.21. The lowest BCUT2D eigenvalue weighted by molar-refractivity contribution is 0.124. The Morgan fingerprint density at radius 2 is 1.90 bits per heavy atom. The van der Waals surface area contributed by atoms with E-state index in [4.69, 9.17) is 0 Å². The number of fused-ring (bicyclic) bond motifs is 1. The van der Waals surface area contributed by atoms with Crippen LogP contribution in [0.3, 0.4) is 0 Å². The van der Waals surface area contributed by atoms with E-state index < -0.39 is 6.10 Å². The molecule has 0 unspecified atom stereocenters. The van der Waals surface area contributed by atoms with Gasteiger partial charge in [-0.15, -0.1) is 0 Å². The molecule has 0 fully saturated rings. The average Bonchev–Trinajstić information content (AvgIpc) is 2.95. The van der Waals surface area contributed by atoms with Gasteiger partial charge in [0, 0.05) is 24.8 Å². The quantitative estimate of drug-likeness (QED) is 0.752. The molecule has 108 valence electrons. The molecule has 0 aliphatic carbocycles. The summed E-state index contributed by atoms with van der Waals surface area (Å²) in [6, 6.07) is 18.4. The molecule has 3 heteroatoms. The summed E-state index contributed by atoms with van der Waals surface area (Å²) in [5, 5.41) is 11.6. The second kappa shape index (κ2) is 6.12. The molecular formula is C18H20N2O. The first-order chi connectivity index (χ1) is 10.2. The van der Waals surface area contributed by atoms with Gasteiger partial charge in [0.25, 0.3) is 0 Å². The summed E-state index contributed by atoms with van der Waals surface area (Å²) < 4.78 is 0. The predicted octanol–water partition coefficient (Wildman–Crippen LogP) is 3.33. The molecule has 21 heavy (non-hydrogen) atoms. The van der Waals surface area contributed by atoms with E-state index >= 15 is 0 Å². The molecule has 2 aromatic carbocycles. The largest absolute Gasteiger partial charge is 0.387 e. The van der Waals surface area contributed by atoms with E-state index in [2.05, 4.69) is 22.0 Å². The second-order valence-corrected chi connectivity index (χ2v) is 5.52. The van der Waals surface area contributed by atoms with Crippen LogP contribution in [-0.2, 0) is 6.54 Å². The Morgan fingerprint density at radius 1 is 1.10 bits per heavy atom. The van der Waals surface area contributed by atoms with Crippen LogP contribution in [0.25, 0.3) is 10.9 Å². The maximum atomic E-state index is 10.4. The number of H-pyrrole nitrogens is 1. The summed E-state index contributed by atoms with van der Waals surface area (Å²) in [4.78, 5) is 5.32. The molecule has 1 heterocycles. The number of likely N-dealkylation sites (N-methyl/N-ethyl adjacent to an activating group) is 1. The van der Waals surface area contributed by atoms with E-state index in [-0.39, 0.29) is 0 Å². The minimum Gasteiger partial charge on any atom is -0.387 e. The molecule has 0 saturated heterocycles. The first kappa shape index (κ1) is 13.9. The van der Waals surface area contributed by atoms with Gasteiger partial charge in [0.2, 0.25) is 0 Å². The number of aliphatic hydroxyl groups is 1. The molecule has 0 bridgehead atoms. The summed E-state index contributed by atoms with van der Waals surface area (Å²) >= 11 is 0. The minimum absolute atomic E-state index is 0.480. The number of nitrogens with zero attached hydrogens (tertiary/aromatic N) is 1. The van der Waals surface area contributed by atoms with Crippen LogP contribution >= 0.6 is 0 Å². The number of benzene rings is 2. The summed E-state index contributed by atoms with van der Waals surface area (Å²) in [6.07, 6.45) is 1.44. The SMILES string of the molecule is CN(Cc1ccccc1)C[C@@H](O)c1ccc2cc[nH]c2c1. The third kappa shape index (κ3) is 3.32. The van der Waals surface area contributed by atoms with Crippen molar-refractivity contribution >= 4 is 10.9 Å². The molecule has 1 aromatic heterocycles. The molecule has 0 amide bonds. The number of aliphatic hydroxyl groups excluding tert-OH is 1. The van der Waals surface area contributed by atoms with Crippen molar-refractivity contribution in [3.05, 3.63) is 71.9 Å². The highest BCUT2D eigenvalue weighted by atomic mass is 16.3. The van der Waals surface area contributed by atoms with E-state index in [0.29, 0.717) is 6.54 Å². The summed E-state index contributed by atoms with van der Waals surface area (Å²) in [5.74, 6) is 0. The fourth-order valence-electron chi connectivity index (χ4n) is 2.63. The standard InChI is InChI=1S/C18H20N2O/c1-20(12-14-5-3-2-4-6-14)13-18(21)16-8-7-15-9-10-19-17(15)11-16/h2-11,18-19,21H,12-13H2,1H3/t18-/m1/s1. The first-order valence-electron chi connectivity index (χ1n) is 7.20. The average molecular weight is 280 g/mol. The van der Waals surface area contributed by atoms with E-state index in [9.17, 15) is 5.11 Å². The van der Waals surface area contributed by atoms with Crippen molar-refractivity contribution in [2.75, 3.05) is 13.6 Å². The Bertz CT molecular complexity index is 705. The Balaban J connectivity index is 1.66. The van der Waals surface area contributed by atoms with Gasteiger partial charge in [-0.25, -0.2) is 0 Å². The minimum atomic E-state index is -0.480. The summed E-state index contributed by atoms with van der Waals surface area (Å²) in [6.45, 7) is 1.45. The molecule has 0 saturated carbocycles. The fraction of sp³-hybridized carbons (Fsp3) is 0.222. The van der Waals surface area contributed by atoms with E-state index in [1.165, 1.54) is 10.9 Å². The smallest absolute Gasteiger partial charge is 0.0917 e. The normalized spacial score (nSPS) is 12.9. The molecule has 1 atom stereocenters. The topological polar surface area (TPSA) is 39.3 Å². The maximum Gasteiger partial charge on any atom is 0.0917 e. The van der Waals surface area contributed by atoms with Gasteiger partial charge in [-0.1, -0.05) is 42.5 Å². The van der Waals surface area contributed by atoms with Crippen LogP contribution in [0.1, 0.15) is 17.2 Å². The molecule has 3 aromatic rings. The Hall–Kier alpha value is -2.10. The van der Waals surface area contributed by atoms with Gasteiger partial charge in [0.15, 0.2) is 0 Å². The number of rotatable bonds is 5. The highest BCUT2D eigenvalue weighted by Gasteiger charge is 2.11. The molecule has 0 aliphatic heterocycles. The Kier molecular flexibility index (Phi) is 4.04. The van der Waals surface area contributed by atoms with Crippen molar-refractivity contribution in [1.82, 2.24) is 9.88 Å². The van der Waals surface area contributed by atoms with Crippen LogP contribution in [0.2, 0.25) is 0 Å². The van der Waals surface area contributed by atoms with Crippen molar-refractivity contribution in [3.63, 3.8) is 0 Å². The zero-order valence-corrected chi connectivity index (χ0v) is 12.2. The first-order valence-corrected chi connectivity index (χ1v) is 7.20. The van der Waals surface area contributed by atoms with Gasteiger partial charge in [-0.05, 0) is 35.7 Å². The molecule has 0 aliphatic rings. The molecule has 3 nitrogen and oxygen atoms in total. The van der Waals surface area contributed by atoms with E-state index in [1.807, 2.05) is 55.7 Å². The monoisotopic (exact) mass is 280 g/mol. The van der Waals surface area contributed by atoms with Crippen molar-refractivity contribution < 1.29 is 5.11 Å². The highest BCUT2D eigenvalue weighted by molar-refractivity contribution is 5.79. The highest BCUT2D eigenvalue weighted by Crippen LogP contribution is 2.20. The number of hydrogen-bond donors (Lipinski definition) is 2. The Morgan fingerprint density at radius 3 is 2.71 bits per heavy atom. The molecule has 0 radical (unpaired) electrons.